The van der Waals surface area contributed by atoms with Gasteiger partial charge in [0.15, 0.2) is 0 Å². The monoisotopic (exact) mass is 197 g/mol. The van der Waals surface area contributed by atoms with Gasteiger partial charge in [0.2, 0.25) is 0 Å². The number of hydrogen-bond acceptors (Lipinski definition) is 1. The summed E-state index contributed by atoms with van der Waals surface area (Å²) >= 11 is 0. The van der Waals surface area contributed by atoms with Gasteiger partial charge in [-0.1, -0.05) is 32.4 Å². The molecule has 84 valence electrons. The highest BCUT2D eigenvalue weighted by atomic mass is 15.0. The van der Waals surface area contributed by atoms with Crippen molar-refractivity contribution in [2.45, 2.75) is 33.1 Å². The molecule has 0 aromatic rings. The van der Waals surface area contributed by atoms with Crippen molar-refractivity contribution in [3.63, 3.8) is 0 Å². The molecule has 1 atom stereocenters. The summed E-state index contributed by atoms with van der Waals surface area (Å²) in [6.07, 6.45) is 7.19. The lowest BCUT2D eigenvalue weighted by molar-refractivity contribution is 0.334. The van der Waals surface area contributed by atoms with Crippen LogP contribution in [-0.2, 0) is 0 Å². The van der Waals surface area contributed by atoms with Crippen LogP contribution in [0, 0.1) is 5.92 Å². The Balaban J connectivity index is 0. The molecule has 0 aromatic carbocycles. The Morgan fingerprint density at radius 2 is 1.57 bits per heavy atom. The minimum Gasteiger partial charge on any atom is -0.309 e. The van der Waals surface area contributed by atoms with E-state index in [0.717, 1.165) is 18.8 Å². The van der Waals surface area contributed by atoms with E-state index in [9.17, 15) is 0 Å². The van der Waals surface area contributed by atoms with Gasteiger partial charge in [-0.2, -0.15) is 0 Å². The van der Waals surface area contributed by atoms with Gasteiger partial charge in [-0.15, -0.1) is 13.2 Å². The van der Waals surface area contributed by atoms with Gasteiger partial charge in [-0.05, 0) is 32.9 Å². The van der Waals surface area contributed by atoms with Gasteiger partial charge in [-0.25, -0.2) is 0 Å². The highest BCUT2D eigenvalue weighted by Crippen LogP contribution is 1.99. The van der Waals surface area contributed by atoms with Crippen molar-refractivity contribution >= 4 is 0 Å². The van der Waals surface area contributed by atoms with E-state index in [1.54, 1.807) is 0 Å². The highest BCUT2D eigenvalue weighted by Gasteiger charge is 1.97. The molecule has 0 aliphatic heterocycles. The first-order valence-electron chi connectivity index (χ1n) is 5.44. The molecule has 0 fully saturated rings. The molecule has 0 aliphatic carbocycles. The summed E-state index contributed by atoms with van der Waals surface area (Å²) in [6, 6.07) is 0. The molecule has 0 aliphatic rings. The first-order chi connectivity index (χ1) is 6.58. The Morgan fingerprint density at radius 3 is 1.71 bits per heavy atom. The molecule has 0 aromatic heterocycles. The fourth-order valence-electron chi connectivity index (χ4n) is 0.988. The molecular formula is C13H27N. The van der Waals surface area contributed by atoms with Crippen LogP contribution in [0.15, 0.2) is 25.3 Å². The smallest absolute Gasteiger partial charge is 0.0000818 e. The SMILES string of the molecule is C=CCCC=C.CCC(C)CN(C)C. The number of rotatable bonds is 6. The highest BCUT2D eigenvalue weighted by molar-refractivity contribution is 4.74. The maximum absolute atomic E-state index is 3.55. The molecule has 0 rings (SSSR count). The summed E-state index contributed by atoms with van der Waals surface area (Å²) in [5.41, 5.74) is 0. The van der Waals surface area contributed by atoms with E-state index in [0.29, 0.717) is 0 Å². The van der Waals surface area contributed by atoms with Crippen molar-refractivity contribution in [1.29, 1.82) is 0 Å². The zero-order valence-electron chi connectivity index (χ0n) is 10.4. The van der Waals surface area contributed by atoms with Crippen LogP contribution >= 0.6 is 0 Å². The zero-order valence-corrected chi connectivity index (χ0v) is 10.4. The molecule has 0 heterocycles. The van der Waals surface area contributed by atoms with Crippen molar-refractivity contribution in [2.75, 3.05) is 20.6 Å². The molecule has 0 spiro atoms. The van der Waals surface area contributed by atoms with E-state index in [2.05, 4.69) is 46.0 Å². The molecule has 0 amide bonds. The molecule has 1 unspecified atom stereocenters. The lowest BCUT2D eigenvalue weighted by atomic mass is 10.1. The Labute approximate surface area is 90.5 Å². The number of allylic oxidation sites excluding steroid dienone is 2. The lowest BCUT2D eigenvalue weighted by Gasteiger charge is -2.13. The van der Waals surface area contributed by atoms with E-state index in [1.165, 1.54) is 13.0 Å². The number of hydrogen-bond donors (Lipinski definition) is 0. The Kier molecular flexibility index (Phi) is 14.1. The van der Waals surface area contributed by atoms with Crippen LogP contribution in [0.4, 0.5) is 0 Å². The number of unbranched alkanes of at least 4 members (excludes halogenated alkanes) is 1. The predicted octanol–water partition coefficient (Wildman–Crippen LogP) is 3.73. The molecular weight excluding hydrogens is 170 g/mol. The van der Waals surface area contributed by atoms with Gasteiger partial charge < -0.3 is 4.90 Å². The summed E-state index contributed by atoms with van der Waals surface area (Å²) in [4.78, 5) is 2.23. The minimum absolute atomic E-state index is 0.852. The second-order valence-electron chi connectivity index (χ2n) is 3.93. The summed E-state index contributed by atoms with van der Waals surface area (Å²) in [5, 5.41) is 0. The van der Waals surface area contributed by atoms with Crippen LogP contribution in [0.3, 0.4) is 0 Å². The summed E-state index contributed by atoms with van der Waals surface area (Å²) in [5.74, 6) is 0.852. The minimum atomic E-state index is 0.852. The molecule has 0 saturated heterocycles. The summed E-state index contributed by atoms with van der Waals surface area (Å²) in [7, 11) is 4.23. The van der Waals surface area contributed by atoms with Crippen molar-refractivity contribution in [3.05, 3.63) is 25.3 Å². The van der Waals surface area contributed by atoms with Crippen LogP contribution in [0.25, 0.3) is 0 Å². The van der Waals surface area contributed by atoms with E-state index < -0.39 is 0 Å². The predicted molar refractivity (Wildman–Crippen MR) is 67.6 cm³/mol. The Bertz CT molecular complexity index is 119. The molecule has 0 saturated carbocycles. The van der Waals surface area contributed by atoms with Crippen LogP contribution in [0.5, 0.6) is 0 Å². The van der Waals surface area contributed by atoms with E-state index in [4.69, 9.17) is 0 Å². The fourth-order valence-corrected chi connectivity index (χ4v) is 0.988. The standard InChI is InChI=1S/C7H17N.C6H10/c1-5-7(2)6-8(3)4;1-3-5-6-4-2/h7H,5-6H2,1-4H3;3-4H,1-2,5-6H2. The van der Waals surface area contributed by atoms with Gasteiger partial charge >= 0.3 is 0 Å². The second-order valence-corrected chi connectivity index (χ2v) is 3.93. The van der Waals surface area contributed by atoms with Gasteiger partial charge in [0.25, 0.3) is 0 Å². The van der Waals surface area contributed by atoms with Crippen molar-refractivity contribution in [3.8, 4) is 0 Å². The third-order valence-corrected chi connectivity index (χ3v) is 1.95. The Hall–Kier alpha value is -0.560. The van der Waals surface area contributed by atoms with E-state index in [1.807, 2.05) is 12.2 Å². The third-order valence-electron chi connectivity index (χ3n) is 1.95. The van der Waals surface area contributed by atoms with Crippen molar-refractivity contribution in [1.82, 2.24) is 4.90 Å². The summed E-state index contributed by atoms with van der Waals surface area (Å²) < 4.78 is 0. The molecule has 14 heavy (non-hydrogen) atoms. The van der Waals surface area contributed by atoms with Gasteiger partial charge in [0, 0.05) is 6.54 Å². The van der Waals surface area contributed by atoms with Gasteiger partial charge in [-0.3, -0.25) is 0 Å². The molecule has 0 radical (unpaired) electrons. The van der Waals surface area contributed by atoms with Crippen LogP contribution in [0.1, 0.15) is 33.1 Å². The molecule has 0 bridgehead atoms. The van der Waals surface area contributed by atoms with Gasteiger partial charge in [0.05, 0.1) is 0 Å². The average molecular weight is 197 g/mol. The molecule has 1 heteroatoms. The zero-order chi connectivity index (χ0) is 11.4. The van der Waals surface area contributed by atoms with Crippen LogP contribution < -0.4 is 0 Å². The first-order valence-corrected chi connectivity index (χ1v) is 5.44. The maximum atomic E-state index is 3.55. The van der Waals surface area contributed by atoms with E-state index >= 15 is 0 Å². The quantitative estimate of drug-likeness (QED) is 0.463. The molecule has 1 nitrogen and oxygen atoms in total. The second kappa shape index (κ2) is 12.4. The number of nitrogens with zero attached hydrogens (tertiary/aromatic N) is 1. The lowest BCUT2D eigenvalue weighted by Crippen LogP contribution is -2.18. The average Bonchev–Trinajstić information content (AvgIpc) is 2.14. The third kappa shape index (κ3) is 17.5. The van der Waals surface area contributed by atoms with Crippen molar-refractivity contribution < 1.29 is 0 Å². The summed E-state index contributed by atoms with van der Waals surface area (Å²) in [6.45, 7) is 12.8. The molecule has 0 N–H and O–H groups in total. The van der Waals surface area contributed by atoms with Gasteiger partial charge in [0.1, 0.15) is 0 Å². The van der Waals surface area contributed by atoms with Crippen molar-refractivity contribution in [2.24, 2.45) is 5.92 Å². The fraction of sp³-hybridized carbons (Fsp3) is 0.692. The normalized spacial score (nSPS) is 11.5. The largest absolute Gasteiger partial charge is 0.309 e. The van der Waals surface area contributed by atoms with Crippen LogP contribution in [0.2, 0.25) is 0 Å². The Morgan fingerprint density at radius 1 is 1.14 bits per heavy atom. The first kappa shape index (κ1) is 15.9. The van der Waals surface area contributed by atoms with Crippen LogP contribution in [-0.4, -0.2) is 25.5 Å². The van der Waals surface area contributed by atoms with E-state index in [-0.39, 0.29) is 0 Å². The maximum Gasteiger partial charge on any atom is 0.0000818 e. The topological polar surface area (TPSA) is 3.24 Å².